The minimum absolute atomic E-state index is 0.00739. The molecule has 1 atom stereocenters. The topological polar surface area (TPSA) is 75.6 Å². The van der Waals surface area contributed by atoms with E-state index in [2.05, 4.69) is 43.4 Å². The number of alkyl carbamates (subject to hydrolysis) is 1. The van der Waals surface area contributed by atoms with Gasteiger partial charge in [-0.1, -0.05) is 75.2 Å². The molecule has 5 heteroatoms. The predicted octanol–water partition coefficient (Wildman–Crippen LogP) is 5.19. The van der Waals surface area contributed by atoms with Crippen LogP contribution in [-0.4, -0.2) is 29.8 Å². The zero-order valence-electron chi connectivity index (χ0n) is 17.1. The van der Waals surface area contributed by atoms with Crippen molar-refractivity contribution in [2.45, 2.75) is 51.5 Å². The van der Waals surface area contributed by atoms with Crippen LogP contribution in [0.25, 0.3) is 11.1 Å². The molecule has 3 rings (SSSR count). The molecule has 2 aromatic rings. The highest BCUT2D eigenvalue weighted by molar-refractivity contribution is 5.79. The number of carbonyl (C=O) groups excluding carboxylic acids is 1. The lowest BCUT2D eigenvalue weighted by Crippen LogP contribution is -2.37. The molecule has 0 bridgehead atoms. The minimum Gasteiger partial charge on any atom is -0.481 e. The van der Waals surface area contributed by atoms with Crippen LogP contribution in [0.15, 0.2) is 48.5 Å². The minimum atomic E-state index is -0.918. The van der Waals surface area contributed by atoms with Gasteiger partial charge in [0.2, 0.25) is 0 Å². The molecule has 5 nitrogen and oxygen atoms in total. The Kier molecular flexibility index (Phi) is 6.91. The van der Waals surface area contributed by atoms with Gasteiger partial charge < -0.3 is 15.2 Å². The van der Waals surface area contributed by atoms with E-state index in [1.54, 1.807) is 0 Å². The van der Waals surface area contributed by atoms with Gasteiger partial charge in [0.15, 0.2) is 0 Å². The number of fused-ring (bicyclic) bond motifs is 3. The quantitative estimate of drug-likeness (QED) is 0.612. The number of carboxylic acids is 1. The molecule has 0 saturated heterocycles. The average molecular weight is 395 g/mol. The van der Waals surface area contributed by atoms with Gasteiger partial charge in [-0.05, 0) is 34.6 Å². The van der Waals surface area contributed by atoms with Crippen LogP contribution in [0.5, 0.6) is 0 Å². The Morgan fingerprint density at radius 1 is 1.00 bits per heavy atom. The van der Waals surface area contributed by atoms with E-state index in [1.165, 1.54) is 11.1 Å². The van der Waals surface area contributed by atoms with Crippen molar-refractivity contribution in [3.63, 3.8) is 0 Å². The Morgan fingerprint density at radius 3 is 2.14 bits per heavy atom. The lowest BCUT2D eigenvalue weighted by atomic mass is 9.98. The Balaban J connectivity index is 1.61. The van der Waals surface area contributed by atoms with Crippen molar-refractivity contribution in [2.75, 3.05) is 6.61 Å². The van der Waals surface area contributed by atoms with Crippen LogP contribution in [-0.2, 0) is 9.53 Å². The second-order valence-electron chi connectivity index (χ2n) is 8.09. The summed E-state index contributed by atoms with van der Waals surface area (Å²) >= 11 is 0. The normalized spacial score (nSPS) is 13.6. The van der Waals surface area contributed by atoms with E-state index in [0.717, 1.165) is 24.0 Å². The summed E-state index contributed by atoms with van der Waals surface area (Å²) in [7, 11) is 0. The van der Waals surface area contributed by atoms with Crippen LogP contribution >= 0.6 is 0 Å². The van der Waals surface area contributed by atoms with Crippen LogP contribution in [0, 0.1) is 5.92 Å². The first-order valence-corrected chi connectivity index (χ1v) is 10.3. The van der Waals surface area contributed by atoms with Crippen molar-refractivity contribution >= 4 is 12.1 Å². The fraction of sp³-hybridized carbons (Fsp3) is 0.417. The number of carbonyl (C=O) groups is 2. The lowest BCUT2D eigenvalue weighted by molar-refractivity contribution is -0.137. The number of amides is 1. The van der Waals surface area contributed by atoms with Gasteiger partial charge in [-0.15, -0.1) is 0 Å². The molecule has 2 aromatic carbocycles. The number of benzene rings is 2. The van der Waals surface area contributed by atoms with E-state index >= 15 is 0 Å². The van der Waals surface area contributed by atoms with Gasteiger partial charge in [0.1, 0.15) is 6.61 Å². The molecular weight excluding hydrogens is 366 g/mol. The largest absolute Gasteiger partial charge is 0.481 e. The predicted molar refractivity (Wildman–Crippen MR) is 113 cm³/mol. The number of hydrogen-bond donors (Lipinski definition) is 2. The number of hydrogen-bond acceptors (Lipinski definition) is 3. The first kappa shape index (κ1) is 20.9. The first-order valence-electron chi connectivity index (χ1n) is 10.3. The molecule has 29 heavy (non-hydrogen) atoms. The zero-order valence-corrected chi connectivity index (χ0v) is 17.1. The Bertz CT molecular complexity index is 816. The summed E-state index contributed by atoms with van der Waals surface area (Å²) in [5.41, 5.74) is 4.66. The second kappa shape index (κ2) is 9.59. The van der Waals surface area contributed by atoms with E-state index in [4.69, 9.17) is 9.84 Å². The van der Waals surface area contributed by atoms with E-state index in [-0.39, 0.29) is 18.9 Å². The third-order valence-corrected chi connectivity index (χ3v) is 5.42. The zero-order chi connectivity index (χ0) is 20.8. The smallest absolute Gasteiger partial charge is 0.407 e. The Morgan fingerprint density at radius 2 is 1.59 bits per heavy atom. The molecule has 1 unspecified atom stereocenters. The van der Waals surface area contributed by atoms with Gasteiger partial charge >= 0.3 is 12.1 Å². The fourth-order valence-corrected chi connectivity index (χ4v) is 4.02. The van der Waals surface area contributed by atoms with Crippen molar-refractivity contribution < 1.29 is 19.4 Å². The van der Waals surface area contributed by atoms with Crippen molar-refractivity contribution in [1.82, 2.24) is 5.32 Å². The summed E-state index contributed by atoms with van der Waals surface area (Å²) < 4.78 is 5.54. The maximum Gasteiger partial charge on any atom is 0.407 e. The summed E-state index contributed by atoms with van der Waals surface area (Å²) in [5.74, 6) is -0.375. The molecule has 1 aliphatic rings. The molecule has 0 aromatic heterocycles. The van der Waals surface area contributed by atoms with Gasteiger partial charge in [0.05, 0.1) is 6.42 Å². The Labute approximate surface area is 172 Å². The summed E-state index contributed by atoms with van der Waals surface area (Å²) in [6.45, 7) is 4.49. The fourth-order valence-electron chi connectivity index (χ4n) is 4.02. The maximum absolute atomic E-state index is 12.4. The number of rotatable bonds is 9. The van der Waals surface area contributed by atoms with E-state index in [1.807, 2.05) is 24.3 Å². The molecule has 0 aliphatic heterocycles. The molecule has 0 radical (unpaired) electrons. The molecule has 0 saturated carbocycles. The molecule has 0 fully saturated rings. The third kappa shape index (κ3) is 5.37. The van der Waals surface area contributed by atoms with Crippen molar-refractivity contribution in [2.24, 2.45) is 5.92 Å². The van der Waals surface area contributed by atoms with Gasteiger partial charge in [-0.3, -0.25) is 4.79 Å². The van der Waals surface area contributed by atoms with Gasteiger partial charge in [0.25, 0.3) is 0 Å². The Hall–Kier alpha value is -2.82. The molecule has 154 valence electrons. The van der Waals surface area contributed by atoms with E-state index in [9.17, 15) is 9.59 Å². The van der Waals surface area contributed by atoms with Crippen LogP contribution in [0.4, 0.5) is 4.79 Å². The van der Waals surface area contributed by atoms with Gasteiger partial charge in [-0.2, -0.15) is 0 Å². The standard InChI is InChI=1S/C24H29NO4/c1-16(2)8-7-9-17(14-23(26)27)25-24(28)29-15-22-20-12-5-3-10-18(20)19-11-4-6-13-21(19)22/h3-6,10-13,16-17,22H,7-9,14-15H2,1-2H3,(H,25,28)(H,26,27). The second-order valence-corrected chi connectivity index (χ2v) is 8.09. The summed E-state index contributed by atoms with van der Waals surface area (Å²) in [4.78, 5) is 23.5. The molecule has 2 N–H and O–H groups in total. The van der Waals surface area contributed by atoms with E-state index < -0.39 is 18.1 Å². The van der Waals surface area contributed by atoms with Crippen LogP contribution in [0.1, 0.15) is 56.6 Å². The maximum atomic E-state index is 12.4. The third-order valence-electron chi connectivity index (χ3n) is 5.42. The first-order chi connectivity index (χ1) is 14.0. The van der Waals surface area contributed by atoms with Crippen molar-refractivity contribution in [3.05, 3.63) is 59.7 Å². The SMILES string of the molecule is CC(C)CCCC(CC(=O)O)NC(=O)OCC1c2ccccc2-c2ccccc21. The number of nitrogens with one attached hydrogen (secondary N) is 1. The van der Waals surface area contributed by atoms with E-state index in [0.29, 0.717) is 12.3 Å². The van der Waals surface area contributed by atoms with Gasteiger partial charge in [-0.25, -0.2) is 4.79 Å². The van der Waals surface area contributed by atoms with Crippen LogP contribution in [0.2, 0.25) is 0 Å². The lowest BCUT2D eigenvalue weighted by Gasteiger charge is -2.19. The number of carboxylic acid groups (broad SMARTS) is 1. The highest BCUT2D eigenvalue weighted by Gasteiger charge is 2.29. The molecule has 1 amide bonds. The highest BCUT2D eigenvalue weighted by atomic mass is 16.5. The summed E-state index contributed by atoms with van der Waals surface area (Å²) in [5, 5.41) is 11.9. The number of aliphatic carboxylic acids is 1. The van der Waals surface area contributed by atoms with Gasteiger partial charge in [0, 0.05) is 12.0 Å². The number of ether oxygens (including phenoxy) is 1. The van der Waals surface area contributed by atoms with Crippen LogP contribution in [0.3, 0.4) is 0 Å². The van der Waals surface area contributed by atoms with Crippen LogP contribution < -0.4 is 5.32 Å². The van der Waals surface area contributed by atoms with Crippen molar-refractivity contribution in [1.29, 1.82) is 0 Å². The molecule has 0 heterocycles. The summed E-state index contributed by atoms with van der Waals surface area (Å²) in [6.07, 6.45) is 1.86. The monoisotopic (exact) mass is 395 g/mol. The molecule has 0 spiro atoms. The highest BCUT2D eigenvalue weighted by Crippen LogP contribution is 2.44. The molecule has 1 aliphatic carbocycles. The van der Waals surface area contributed by atoms with Crippen molar-refractivity contribution in [3.8, 4) is 11.1 Å². The summed E-state index contributed by atoms with van der Waals surface area (Å²) in [6, 6.07) is 15.9. The molecular formula is C24H29NO4. The average Bonchev–Trinajstić information content (AvgIpc) is 2.99.